The molecule has 2 N–H and O–H groups in total. The number of hydrogen-bond acceptors (Lipinski definition) is 3. The van der Waals surface area contributed by atoms with Gasteiger partial charge in [0.1, 0.15) is 6.10 Å². The second kappa shape index (κ2) is 12.0. The standard InChI is InChI=1S/C24H32N4O2.HI/c1-5-26-24(27-15-19-7-6-8-20(14-19)23(29)25-4)28-11-12-30-22(16-28)21-10-9-17(2)13-18(21)3;/h6-10,13-14,22H,5,11-12,15-16H2,1-4H3,(H,25,29)(H,26,27);1H. The molecule has 1 fully saturated rings. The predicted molar refractivity (Wildman–Crippen MR) is 136 cm³/mol. The fourth-order valence-electron chi connectivity index (χ4n) is 3.76. The molecule has 1 aliphatic heterocycles. The predicted octanol–water partition coefficient (Wildman–Crippen LogP) is 3.82. The highest BCUT2D eigenvalue weighted by Gasteiger charge is 2.25. The molecule has 31 heavy (non-hydrogen) atoms. The highest BCUT2D eigenvalue weighted by molar-refractivity contribution is 14.0. The zero-order chi connectivity index (χ0) is 21.5. The van der Waals surface area contributed by atoms with Gasteiger partial charge in [-0.15, -0.1) is 24.0 Å². The molecule has 0 aliphatic carbocycles. The molecule has 0 radical (unpaired) electrons. The van der Waals surface area contributed by atoms with Gasteiger partial charge in [-0.05, 0) is 49.6 Å². The number of aryl methyl sites for hydroxylation is 2. The van der Waals surface area contributed by atoms with Crippen molar-refractivity contribution in [3.8, 4) is 0 Å². The molecule has 2 aromatic carbocycles. The van der Waals surface area contributed by atoms with E-state index >= 15 is 0 Å². The van der Waals surface area contributed by atoms with E-state index in [0.29, 0.717) is 18.7 Å². The van der Waals surface area contributed by atoms with Gasteiger partial charge in [-0.3, -0.25) is 4.79 Å². The van der Waals surface area contributed by atoms with Crippen molar-refractivity contribution in [2.24, 2.45) is 4.99 Å². The van der Waals surface area contributed by atoms with Gasteiger partial charge in [-0.1, -0.05) is 35.9 Å². The van der Waals surface area contributed by atoms with Gasteiger partial charge < -0.3 is 20.3 Å². The van der Waals surface area contributed by atoms with Crippen molar-refractivity contribution >= 4 is 35.8 Å². The lowest BCUT2D eigenvalue weighted by Gasteiger charge is -2.36. The largest absolute Gasteiger partial charge is 0.370 e. The third-order valence-electron chi connectivity index (χ3n) is 5.30. The summed E-state index contributed by atoms with van der Waals surface area (Å²) in [5.41, 5.74) is 5.41. The number of benzene rings is 2. The lowest BCUT2D eigenvalue weighted by Crippen LogP contribution is -2.48. The van der Waals surface area contributed by atoms with Crippen LogP contribution in [0, 0.1) is 13.8 Å². The maximum Gasteiger partial charge on any atom is 0.251 e. The highest BCUT2D eigenvalue weighted by atomic mass is 127. The topological polar surface area (TPSA) is 66.0 Å². The first-order chi connectivity index (χ1) is 14.5. The van der Waals surface area contributed by atoms with Crippen LogP contribution in [0.5, 0.6) is 0 Å². The third-order valence-corrected chi connectivity index (χ3v) is 5.30. The zero-order valence-corrected chi connectivity index (χ0v) is 21.1. The Balaban J connectivity index is 0.00000341. The maximum atomic E-state index is 11.9. The van der Waals surface area contributed by atoms with E-state index in [4.69, 9.17) is 9.73 Å². The van der Waals surface area contributed by atoms with Crippen LogP contribution in [0.3, 0.4) is 0 Å². The van der Waals surface area contributed by atoms with E-state index in [2.05, 4.69) is 54.5 Å². The Hall–Kier alpha value is -2.13. The summed E-state index contributed by atoms with van der Waals surface area (Å²) in [6, 6.07) is 14.1. The molecule has 0 saturated carbocycles. The zero-order valence-electron chi connectivity index (χ0n) is 18.8. The maximum absolute atomic E-state index is 11.9. The Labute approximate surface area is 202 Å². The van der Waals surface area contributed by atoms with E-state index in [1.165, 1.54) is 16.7 Å². The number of carbonyl (C=O) groups is 1. The Morgan fingerprint density at radius 1 is 1.23 bits per heavy atom. The molecule has 1 unspecified atom stereocenters. The Morgan fingerprint density at radius 3 is 2.74 bits per heavy atom. The molecule has 0 spiro atoms. The van der Waals surface area contributed by atoms with Crippen LogP contribution >= 0.6 is 24.0 Å². The second-order valence-electron chi connectivity index (χ2n) is 7.62. The lowest BCUT2D eigenvalue weighted by molar-refractivity contribution is -0.00834. The minimum Gasteiger partial charge on any atom is -0.370 e. The summed E-state index contributed by atoms with van der Waals surface area (Å²) in [5, 5.41) is 6.07. The molecule has 7 heteroatoms. The van der Waals surface area contributed by atoms with Crippen LogP contribution in [0.1, 0.15) is 45.6 Å². The number of halogens is 1. The first-order valence-electron chi connectivity index (χ1n) is 10.5. The van der Waals surface area contributed by atoms with Gasteiger partial charge in [0, 0.05) is 25.7 Å². The summed E-state index contributed by atoms with van der Waals surface area (Å²) in [7, 11) is 1.64. The van der Waals surface area contributed by atoms with E-state index in [-0.39, 0.29) is 36.0 Å². The minimum absolute atomic E-state index is 0. The highest BCUT2D eigenvalue weighted by Crippen LogP contribution is 2.26. The number of amides is 1. The van der Waals surface area contributed by atoms with Gasteiger partial charge in [0.2, 0.25) is 0 Å². The van der Waals surface area contributed by atoms with E-state index in [0.717, 1.165) is 31.2 Å². The molecule has 3 rings (SSSR count). The van der Waals surface area contributed by atoms with E-state index in [1.807, 2.05) is 24.3 Å². The first-order valence-corrected chi connectivity index (χ1v) is 10.5. The Morgan fingerprint density at radius 2 is 2.03 bits per heavy atom. The number of nitrogens with one attached hydrogen (secondary N) is 2. The summed E-state index contributed by atoms with van der Waals surface area (Å²) < 4.78 is 6.09. The van der Waals surface area contributed by atoms with Crippen LogP contribution < -0.4 is 10.6 Å². The van der Waals surface area contributed by atoms with Crippen molar-refractivity contribution in [1.82, 2.24) is 15.5 Å². The quantitative estimate of drug-likeness (QED) is 0.347. The number of aliphatic imine (C=N–C) groups is 1. The SMILES string of the molecule is CCNC(=NCc1cccc(C(=O)NC)c1)N1CCOC(c2ccc(C)cc2C)C1.I. The van der Waals surface area contributed by atoms with Gasteiger partial charge >= 0.3 is 0 Å². The smallest absolute Gasteiger partial charge is 0.251 e. The fourth-order valence-corrected chi connectivity index (χ4v) is 3.76. The molecular formula is C24H33IN4O2. The molecule has 2 aromatic rings. The molecule has 168 valence electrons. The van der Waals surface area contributed by atoms with Crippen molar-refractivity contribution in [2.75, 3.05) is 33.3 Å². The van der Waals surface area contributed by atoms with E-state index in [1.54, 1.807) is 7.05 Å². The van der Waals surface area contributed by atoms with Gasteiger partial charge in [-0.25, -0.2) is 4.99 Å². The molecule has 1 atom stereocenters. The summed E-state index contributed by atoms with van der Waals surface area (Å²) >= 11 is 0. The third kappa shape index (κ3) is 6.67. The molecular weight excluding hydrogens is 503 g/mol. The number of rotatable bonds is 5. The molecule has 1 amide bonds. The monoisotopic (exact) mass is 536 g/mol. The van der Waals surface area contributed by atoms with Crippen LogP contribution in [0.4, 0.5) is 0 Å². The molecule has 0 aromatic heterocycles. The van der Waals surface area contributed by atoms with Crippen molar-refractivity contribution in [3.05, 3.63) is 70.3 Å². The normalized spacial score (nSPS) is 16.5. The van der Waals surface area contributed by atoms with Crippen LogP contribution in [0.15, 0.2) is 47.5 Å². The Bertz CT molecular complexity index is 916. The first kappa shape index (κ1) is 25.1. The van der Waals surface area contributed by atoms with E-state index in [9.17, 15) is 4.79 Å². The number of morpholine rings is 1. The van der Waals surface area contributed by atoms with Crippen LogP contribution in [-0.4, -0.2) is 50.1 Å². The molecule has 0 bridgehead atoms. The number of hydrogen-bond donors (Lipinski definition) is 2. The molecule has 1 heterocycles. The van der Waals surface area contributed by atoms with Gasteiger partial charge in [0.05, 0.1) is 19.7 Å². The van der Waals surface area contributed by atoms with Gasteiger partial charge in [0.25, 0.3) is 5.91 Å². The van der Waals surface area contributed by atoms with Crippen molar-refractivity contribution in [1.29, 1.82) is 0 Å². The van der Waals surface area contributed by atoms with Gasteiger partial charge in [-0.2, -0.15) is 0 Å². The number of guanidine groups is 1. The second-order valence-corrected chi connectivity index (χ2v) is 7.62. The molecule has 1 aliphatic rings. The van der Waals surface area contributed by atoms with Crippen molar-refractivity contribution in [3.63, 3.8) is 0 Å². The fraction of sp³-hybridized carbons (Fsp3) is 0.417. The average Bonchev–Trinajstić information content (AvgIpc) is 2.76. The summed E-state index contributed by atoms with van der Waals surface area (Å²) in [6.45, 7) is 9.85. The average molecular weight is 536 g/mol. The van der Waals surface area contributed by atoms with Crippen molar-refractivity contribution in [2.45, 2.75) is 33.4 Å². The Kier molecular flexibility index (Phi) is 9.77. The number of carbonyl (C=O) groups excluding carboxylic acids is 1. The van der Waals surface area contributed by atoms with Crippen LogP contribution in [0.2, 0.25) is 0 Å². The summed E-state index contributed by atoms with van der Waals surface area (Å²) in [4.78, 5) is 19.0. The minimum atomic E-state index is -0.0859. The van der Waals surface area contributed by atoms with Crippen LogP contribution in [-0.2, 0) is 11.3 Å². The number of ether oxygens (including phenoxy) is 1. The van der Waals surface area contributed by atoms with Crippen molar-refractivity contribution < 1.29 is 9.53 Å². The van der Waals surface area contributed by atoms with Gasteiger partial charge in [0.15, 0.2) is 5.96 Å². The number of nitrogens with zero attached hydrogens (tertiary/aromatic N) is 2. The molecule has 1 saturated heterocycles. The summed E-state index contributed by atoms with van der Waals surface area (Å²) in [5.74, 6) is 0.790. The van der Waals surface area contributed by atoms with Crippen LogP contribution in [0.25, 0.3) is 0 Å². The lowest BCUT2D eigenvalue weighted by atomic mass is 10.00. The molecule has 6 nitrogen and oxygen atoms in total. The summed E-state index contributed by atoms with van der Waals surface area (Å²) in [6.07, 6.45) is 0.0276. The van der Waals surface area contributed by atoms with E-state index < -0.39 is 0 Å².